The van der Waals surface area contributed by atoms with Crippen LogP contribution in [-0.4, -0.2) is 20.4 Å². The third-order valence-corrected chi connectivity index (χ3v) is 4.54. The summed E-state index contributed by atoms with van der Waals surface area (Å²) in [4.78, 5) is 8.90. The molecule has 0 aliphatic carbocycles. The summed E-state index contributed by atoms with van der Waals surface area (Å²) < 4.78 is 7.92. The van der Waals surface area contributed by atoms with Gasteiger partial charge in [0.15, 0.2) is 5.82 Å². The molecule has 2 aromatic heterocycles. The van der Waals surface area contributed by atoms with Crippen molar-refractivity contribution in [1.29, 1.82) is 0 Å². The number of nitrogens with two attached hydrogens (primary N) is 1. The molecule has 0 amide bonds. The number of ether oxygens (including phenoxy) is 1. The van der Waals surface area contributed by atoms with Crippen molar-refractivity contribution in [1.82, 2.24) is 14.5 Å². The molecule has 1 aromatic carbocycles. The van der Waals surface area contributed by atoms with E-state index in [0.717, 1.165) is 40.7 Å². The average Bonchev–Trinajstić information content (AvgIpc) is 2.91. The van der Waals surface area contributed by atoms with Gasteiger partial charge in [0.1, 0.15) is 23.6 Å². The number of nitrogens with zero attached hydrogens (tertiary/aromatic N) is 3. The lowest BCUT2D eigenvalue weighted by atomic mass is 10.2. The number of hydrogen-bond donors (Lipinski definition) is 1. The molecule has 0 fully saturated rings. The first-order valence-electron chi connectivity index (χ1n) is 8.91. The van der Waals surface area contributed by atoms with Crippen molar-refractivity contribution in [2.75, 3.05) is 11.6 Å². The Labute approximate surface area is 164 Å². The Balaban J connectivity index is 1.93. The highest BCUT2D eigenvalue weighted by Crippen LogP contribution is 2.27. The number of alkyl halides is 1. The van der Waals surface area contributed by atoms with Crippen LogP contribution in [-0.2, 0) is 18.1 Å². The predicted octanol–water partition coefficient (Wildman–Crippen LogP) is 4.18. The fourth-order valence-corrected chi connectivity index (χ4v) is 3.08. The number of fused-ring (bicyclic) bond motifs is 1. The quantitative estimate of drug-likeness (QED) is 0.394. The molecule has 0 saturated heterocycles. The lowest BCUT2D eigenvalue weighted by molar-refractivity contribution is 0.0657. The van der Waals surface area contributed by atoms with E-state index in [1.807, 2.05) is 48.7 Å². The van der Waals surface area contributed by atoms with E-state index in [0.29, 0.717) is 30.9 Å². The first-order chi connectivity index (χ1) is 13.1. The maximum atomic E-state index is 6.21. The van der Waals surface area contributed by atoms with Crippen molar-refractivity contribution < 1.29 is 4.74 Å². The van der Waals surface area contributed by atoms with Crippen molar-refractivity contribution in [3.8, 4) is 11.8 Å². The number of nitrogen functional groups attached to an aromatic ring is 1. The van der Waals surface area contributed by atoms with Gasteiger partial charge in [0.25, 0.3) is 0 Å². The zero-order valence-electron chi connectivity index (χ0n) is 15.6. The number of unbranched alkanes of at least 4 members (excludes halogenated alkanes) is 1. The number of benzene rings is 1. The Morgan fingerprint density at radius 3 is 2.70 bits per heavy atom. The Morgan fingerprint density at radius 2 is 1.96 bits per heavy atom. The molecule has 0 aliphatic rings. The highest BCUT2D eigenvalue weighted by molar-refractivity contribution is 6.17. The Morgan fingerprint density at radius 1 is 1.19 bits per heavy atom. The van der Waals surface area contributed by atoms with Crippen LogP contribution in [0.15, 0.2) is 30.3 Å². The molecule has 3 rings (SSSR count). The number of halogens is 1. The number of anilines is 1. The third-order valence-electron chi connectivity index (χ3n) is 4.28. The van der Waals surface area contributed by atoms with Gasteiger partial charge in [0.2, 0.25) is 0 Å². The molecule has 0 saturated carbocycles. The molecule has 0 aliphatic heterocycles. The smallest absolute Gasteiger partial charge is 0.151 e. The zero-order valence-corrected chi connectivity index (χ0v) is 16.4. The monoisotopic (exact) mass is 382 g/mol. The van der Waals surface area contributed by atoms with Gasteiger partial charge in [0.05, 0.1) is 12.2 Å². The van der Waals surface area contributed by atoms with Gasteiger partial charge < -0.3 is 15.0 Å². The first kappa shape index (κ1) is 19.2. The SMILES string of the molecule is Cc1nc(N)c2c(n1)c(C#CCCCCl)c(C)n2COCc1ccccc1. The lowest BCUT2D eigenvalue weighted by Gasteiger charge is -2.10. The maximum absolute atomic E-state index is 6.21. The van der Waals surface area contributed by atoms with Gasteiger partial charge in [-0.05, 0) is 25.8 Å². The van der Waals surface area contributed by atoms with Crippen molar-refractivity contribution in [2.45, 2.75) is 40.0 Å². The topological polar surface area (TPSA) is 66.0 Å². The van der Waals surface area contributed by atoms with Crippen LogP contribution in [0.25, 0.3) is 11.0 Å². The first-order valence-corrected chi connectivity index (χ1v) is 9.44. The molecular formula is C21H23ClN4O. The fraction of sp³-hybridized carbons (Fsp3) is 0.333. The second-order valence-electron chi connectivity index (χ2n) is 6.30. The molecule has 140 valence electrons. The van der Waals surface area contributed by atoms with Gasteiger partial charge in [-0.1, -0.05) is 42.2 Å². The van der Waals surface area contributed by atoms with E-state index in [9.17, 15) is 0 Å². The number of hydrogen-bond acceptors (Lipinski definition) is 4. The summed E-state index contributed by atoms with van der Waals surface area (Å²) in [7, 11) is 0. The van der Waals surface area contributed by atoms with Crippen LogP contribution in [0.4, 0.5) is 5.82 Å². The van der Waals surface area contributed by atoms with E-state index < -0.39 is 0 Å². The standard InChI is InChI=1S/C21H23ClN4O/c1-15-18(11-7-4-8-12-22)19-20(21(23)25-16(2)24-19)26(15)14-27-13-17-9-5-3-6-10-17/h3,5-6,9-10H,4,8,12-14H2,1-2H3,(H2,23,24,25). The summed E-state index contributed by atoms with van der Waals surface area (Å²) in [6, 6.07) is 10.1. The molecular weight excluding hydrogens is 360 g/mol. The van der Waals surface area contributed by atoms with Gasteiger partial charge in [-0.2, -0.15) is 0 Å². The van der Waals surface area contributed by atoms with Gasteiger partial charge in [-0.15, -0.1) is 11.6 Å². The van der Waals surface area contributed by atoms with Crippen LogP contribution in [0.2, 0.25) is 0 Å². The van der Waals surface area contributed by atoms with E-state index >= 15 is 0 Å². The summed E-state index contributed by atoms with van der Waals surface area (Å²) in [6.45, 7) is 4.72. The third kappa shape index (κ3) is 4.41. The summed E-state index contributed by atoms with van der Waals surface area (Å²) in [5.41, 5.74) is 10.7. The van der Waals surface area contributed by atoms with E-state index in [4.69, 9.17) is 22.1 Å². The van der Waals surface area contributed by atoms with Crippen molar-refractivity contribution in [2.24, 2.45) is 0 Å². The normalized spacial score (nSPS) is 10.8. The average molecular weight is 383 g/mol. The molecule has 0 radical (unpaired) electrons. The largest absolute Gasteiger partial charge is 0.382 e. The molecule has 0 atom stereocenters. The van der Waals surface area contributed by atoms with Crippen molar-refractivity contribution in [3.63, 3.8) is 0 Å². The minimum atomic E-state index is 0.358. The number of rotatable bonds is 6. The summed E-state index contributed by atoms with van der Waals surface area (Å²) in [5.74, 6) is 8.10. The second-order valence-corrected chi connectivity index (χ2v) is 6.68. The van der Waals surface area contributed by atoms with E-state index in [1.165, 1.54) is 0 Å². The Bertz CT molecular complexity index is 986. The molecule has 2 heterocycles. The maximum Gasteiger partial charge on any atom is 0.151 e. The lowest BCUT2D eigenvalue weighted by Crippen LogP contribution is -2.07. The Hall–Kier alpha value is -2.55. The van der Waals surface area contributed by atoms with Crippen LogP contribution in [0, 0.1) is 25.7 Å². The highest BCUT2D eigenvalue weighted by atomic mass is 35.5. The zero-order chi connectivity index (χ0) is 19.2. The Kier molecular flexibility index (Phi) is 6.33. The van der Waals surface area contributed by atoms with E-state index in [1.54, 1.807) is 0 Å². The molecule has 0 spiro atoms. The summed E-state index contributed by atoms with van der Waals surface area (Å²) >= 11 is 5.74. The summed E-state index contributed by atoms with van der Waals surface area (Å²) in [6.07, 6.45) is 1.61. The molecule has 2 N–H and O–H groups in total. The molecule has 0 unspecified atom stereocenters. The number of aromatic nitrogens is 3. The summed E-state index contributed by atoms with van der Waals surface area (Å²) in [5, 5.41) is 0. The van der Waals surface area contributed by atoms with Gasteiger partial charge >= 0.3 is 0 Å². The minimum Gasteiger partial charge on any atom is -0.382 e. The van der Waals surface area contributed by atoms with Crippen LogP contribution in [0.3, 0.4) is 0 Å². The van der Waals surface area contributed by atoms with Crippen molar-refractivity contribution in [3.05, 3.63) is 53.0 Å². The van der Waals surface area contributed by atoms with Crippen LogP contribution >= 0.6 is 11.6 Å². The number of aryl methyl sites for hydroxylation is 1. The van der Waals surface area contributed by atoms with Gasteiger partial charge in [-0.3, -0.25) is 0 Å². The predicted molar refractivity (Wildman–Crippen MR) is 109 cm³/mol. The van der Waals surface area contributed by atoms with E-state index in [-0.39, 0.29) is 0 Å². The van der Waals surface area contributed by atoms with Crippen LogP contribution in [0.5, 0.6) is 0 Å². The molecule has 5 nitrogen and oxygen atoms in total. The molecule has 0 bridgehead atoms. The fourth-order valence-electron chi connectivity index (χ4n) is 2.95. The molecule has 6 heteroatoms. The van der Waals surface area contributed by atoms with Crippen LogP contribution < -0.4 is 5.73 Å². The van der Waals surface area contributed by atoms with E-state index in [2.05, 4.69) is 21.8 Å². The van der Waals surface area contributed by atoms with Gasteiger partial charge in [-0.25, -0.2) is 9.97 Å². The molecule has 27 heavy (non-hydrogen) atoms. The van der Waals surface area contributed by atoms with Gasteiger partial charge in [0, 0.05) is 18.0 Å². The second kappa shape index (κ2) is 8.90. The minimum absolute atomic E-state index is 0.358. The van der Waals surface area contributed by atoms with Crippen LogP contribution in [0.1, 0.15) is 35.5 Å². The van der Waals surface area contributed by atoms with Crippen molar-refractivity contribution >= 4 is 28.5 Å². The highest BCUT2D eigenvalue weighted by Gasteiger charge is 2.18. The molecule has 3 aromatic rings.